The number of nitriles is 2. The quantitative estimate of drug-likeness (QED) is 0.00930. The molecule has 0 saturated heterocycles. The molecule has 5 aliphatic rings. The number of carboxylic acid groups (broad SMARTS) is 1. The topological polar surface area (TPSA) is 364 Å². The second kappa shape index (κ2) is 67.2. The van der Waals surface area contributed by atoms with E-state index in [9.17, 15) is 92.2 Å². The second-order valence-corrected chi connectivity index (χ2v) is 51.4. The first kappa shape index (κ1) is 141. The van der Waals surface area contributed by atoms with E-state index in [4.69, 9.17) is 29.2 Å². The molecule has 6 atom stereocenters. The van der Waals surface area contributed by atoms with Crippen molar-refractivity contribution < 1.29 is 110 Å². The van der Waals surface area contributed by atoms with Gasteiger partial charge in [-0.3, -0.25) is 24.0 Å². The summed E-state index contributed by atoms with van der Waals surface area (Å²) >= 11 is 13.2. The van der Waals surface area contributed by atoms with Crippen LogP contribution in [0.1, 0.15) is 246 Å². The van der Waals surface area contributed by atoms with Gasteiger partial charge in [0.15, 0.2) is 43.4 Å². The molecule has 4 aromatic heterocycles. The Morgan fingerprint density at radius 1 is 0.557 bits per heavy atom. The van der Waals surface area contributed by atoms with Gasteiger partial charge in [0.2, 0.25) is 12.2 Å². The summed E-state index contributed by atoms with van der Waals surface area (Å²) in [5.41, 5.74) is 2.43. The number of carboxylic acids is 1. The number of carbonyl (C=O) groups is 7. The monoisotopic (exact) mass is 2550 g/mol. The first-order valence-electron chi connectivity index (χ1n) is 43.5. The maximum atomic E-state index is 13.5. The molecular weight excluding hydrogens is 2420 g/mol. The number of allylic oxidation sites excluding steroid dienone is 4. The number of esters is 3. The van der Waals surface area contributed by atoms with Crippen molar-refractivity contribution in [1.82, 2.24) is 41.2 Å². The number of aromatic nitrogens is 4. The van der Waals surface area contributed by atoms with Crippen LogP contribution in [0.4, 0.5) is 47.8 Å². The van der Waals surface area contributed by atoms with Crippen LogP contribution in [-0.2, 0) is 74.6 Å². The molecule has 9 aromatic rings. The van der Waals surface area contributed by atoms with E-state index < -0.39 is 81.5 Å². The molecule has 0 radical (unpaired) electrons. The summed E-state index contributed by atoms with van der Waals surface area (Å²) in [4.78, 5) is 111. The van der Waals surface area contributed by atoms with Crippen molar-refractivity contribution in [2.45, 2.75) is 242 Å². The van der Waals surface area contributed by atoms with Crippen LogP contribution in [0.25, 0.3) is 0 Å². The number of nitrogens with one attached hydrogen (secondary N) is 4. The molecule has 149 heavy (non-hydrogen) atoms. The van der Waals surface area contributed by atoms with Gasteiger partial charge >= 0.3 is 79.5 Å². The van der Waals surface area contributed by atoms with Crippen LogP contribution in [-0.4, -0.2) is 131 Å². The fourth-order valence-corrected chi connectivity index (χ4v) is 15.5. The molecule has 1 saturated carbocycles. The molecule has 5 aromatic carbocycles. The number of amidine groups is 4. The number of carbonyl (C=O) groups excluding carboxylic acids is 6. The van der Waals surface area contributed by atoms with Gasteiger partial charge in [0, 0.05) is 110 Å². The third-order valence-corrected chi connectivity index (χ3v) is 23.7. The van der Waals surface area contributed by atoms with Gasteiger partial charge in [-0.15, -0.1) is 45.3 Å². The number of aldehydes is 2. The molecule has 4 unspecified atom stereocenters. The van der Waals surface area contributed by atoms with Crippen LogP contribution in [0.5, 0.6) is 0 Å². The van der Waals surface area contributed by atoms with Crippen molar-refractivity contribution in [2.75, 3.05) is 13.4 Å². The van der Waals surface area contributed by atoms with Gasteiger partial charge in [-0.2, -0.15) is 34.0 Å². The molecule has 1 fully saturated rings. The van der Waals surface area contributed by atoms with Gasteiger partial charge in [-0.25, -0.2) is 80.2 Å². The van der Waals surface area contributed by atoms with Crippen LogP contribution in [0.3, 0.4) is 0 Å². The molecule has 813 valence electrons. The van der Waals surface area contributed by atoms with Crippen LogP contribution in [0, 0.1) is 64.6 Å². The van der Waals surface area contributed by atoms with E-state index in [0.29, 0.717) is 93.9 Å². The molecule has 45 heteroatoms. The number of ether oxygens (including phenoxy) is 3. The molecule has 8 heterocycles. The molecule has 5 N–H and O–H groups in total. The van der Waals surface area contributed by atoms with Gasteiger partial charge in [-0.1, -0.05) is 122 Å². The van der Waals surface area contributed by atoms with Gasteiger partial charge < -0.3 is 47.5 Å². The Labute approximate surface area is 929 Å². The predicted octanol–water partition coefficient (Wildman–Crippen LogP) is 28.0. The Balaban J connectivity index is 0. The van der Waals surface area contributed by atoms with Crippen molar-refractivity contribution in [3.8, 4) is 12.1 Å². The van der Waals surface area contributed by atoms with Crippen LogP contribution < -0.4 is 21.3 Å². The summed E-state index contributed by atoms with van der Waals surface area (Å²) in [7, 11) is 1.85. The summed E-state index contributed by atoms with van der Waals surface area (Å²) in [5.74, 6) is -5.25. The van der Waals surface area contributed by atoms with Crippen molar-refractivity contribution in [3.63, 3.8) is 0 Å². The van der Waals surface area contributed by atoms with Gasteiger partial charge in [0.1, 0.15) is 80.9 Å². The number of Topliss-reactive ketones (excluding diaryl/α,β-unsaturated/α-hetero) is 1. The molecule has 1 aliphatic carbocycles. The van der Waals surface area contributed by atoms with E-state index in [1.807, 2.05) is 90.8 Å². The van der Waals surface area contributed by atoms with Crippen LogP contribution in [0.2, 0.25) is 0 Å². The Morgan fingerprint density at radius 3 is 1.05 bits per heavy atom. The Hall–Kier alpha value is -10.3. The molecule has 4 aliphatic heterocycles. The van der Waals surface area contributed by atoms with Crippen molar-refractivity contribution in [3.05, 3.63) is 297 Å². The first-order chi connectivity index (χ1) is 67.9. The third-order valence-electron chi connectivity index (χ3n) is 19.7. The van der Waals surface area contributed by atoms with Crippen LogP contribution in [0.15, 0.2) is 233 Å². The summed E-state index contributed by atoms with van der Waals surface area (Å²) in [6, 6.07) is 33.7. The van der Waals surface area contributed by atoms with Crippen molar-refractivity contribution in [1.29, 1.82) is 10.5 Å². The SMILES string of the molecule is C.C.C.C.CC(=O)CC(=O)OC(C)(C)C.CC1=C(C#N)C(C)(c2ccc(F)cc2)N=C(c2nccs2)N1.CC1=C(C#N)[C@](C)(c2ccc(F)cc2)N=C(c2nccs2)N1.CC1=C(C(=O)O)C(C)(c2ccc(F)cc2)N=C(c2nccs2)N1.CC1=C(C(=O)OC(C)(C)C)C(C)(c2ccc(F)cc2)N=C(c2nccs2)N1.CCC(C)I.COC(=O)[C@H]1CCC(F)(F)C1.CSF.O=CC(F)(F)F.O=Cc1ccc(F)cc1.[CH2-]CC.[I][V][I]. The number of halogens is 14. The van der Waals surface area contributed by atoms with E-state index in [2.05, 4.69) is 146 Å². The number of ketones is 1. The van der Waals surface area contributed by atoms with E-state index >= 15 is 0 Å². The number of aliphatic carboxylic acids is 1. The summed E-state index contributed by atoms with van der Waals surface area (Å²) in [6.45, 7) is 36.4. The summed E-state index contributed by atoms with van der Waals surface area (Å²) in [5, 5.41) is 51.4. The fourth-order valence-electron chi connectivity index (χ4n) is 13.2. The van der Waals surface area contributed by atoms with Crippen molar-refractivity contribution in [2.24, 2.45) is 25.9 Å². The van der Waals surface area contributed by atoms with Gasteiger partial charge in [0.25, 0.3) is 0 Å². The normalized spacial score (nSPS) is 17.8. The number of benzene rings is 5. The van der Waals surface area contributed by atoms with Crippen molar-refractivity contribution >= 4 is 186 Å². The number of methoxy groups -OCH3 is 1. The predicted molar refractivity (Wildman–Crippen MR) is 596 cm³/mol. The average Bonchev–Trinajstić information content (AvgIpc) is 1.67. The number of aliphatic imine (C=N–C) groups is 4. The van der Waals surface area contributed by atoms with E-state index in [1.165, 1.54) is 145 Å². The minimum absolute atomic E-state index is 0. The molecule has 0 spiro atoms. The molecule has 0 amide bonds. The molecular formula is C104H127F11I3N14O11S5V-. The average molecular weight is 2550 g/mol. The van der Waals surface area contributed by atoms with E-state index in [0.717, 1.165) is 42.9 Å². The number of alkyl halides is 6. The zero-order chi connectivity index (χ0) is 110. The molecule has 14 rings (SSSR count). The Kier molecular flexibility index (Phi) is 63.4. The zero-order valence-corrected chi connectivity index (χ0v) is 94.7. The number of hydrogen-bond acceptors (Lipinski definition) is 29. The summed E-state index contributed by atoms with van der Waals surface area (Å²) in [6.07, 6.45) is 5.00. The number of nitrogens with zero attached hydrogens (tertiary/aromatic N) is 10. The van der Waals surface area contributed by atoms with E-state index in [1.54, 1.807) is 108 Å². The van der Waals surface area contributed by atoms with Gasteiger partial charge in [0.05, 0.1) is 47.5 Å². The van der Waals surface area contributed by atoms with E-state index in [-0.39, 0.29) is 108 Å². The Morgan fingerprint density at radius 2 is 0.826 bits per heavy atom. The Bertz CT molecular complexity index is 5920. The zero-order valence-electron chi connectivity index (χ0n) is 82.7. The minimum atomic E-state index is -4.64. The number of rotatable bonds is 15. The first-order valence-corrected chi connectivity index (χ1v) is 58.4. The summed E-state index contributed by atoms with van der Waals surface area (Å²) < 4.78 is 147. The molecule has 25 nitrogen and oxygen atoms in total. The molecule has 0 bridgehead atoms. The standard InChI is InChI=1S/C20H22FN3O2S.2C16H13FN4S.C16H14FN3O2S.C8H14O3.C7H10F2O2.C7H5FO.C4H9I.C3H7.C2HF3O.CH3FS.4CH4.2HI.V/c1-12-15(18(25)26-19(2,3)4)20(5,13-6-8-14(21)9-7-13)24-16(23-12)17-22-10-11-27-17;2*1-10-13(9-18)16(2,11-3-5-12(17)6-4-11)21-14(20-10)15-19-7-8-22-15;1-9-12(15(21)22)16(2,10-3-5-11(17)6-4-10)20-13(19-9)14-18-7-8-23-14;1-6(9)5-7(10)11-8(2,3)4;1-11-6(10)5-2-3-7(8,9)4-5;8-7-3-1-6(5-9)2-4-7;1-3-4(2)5;1-3-2;3-2(4,5)1-6;1-3-2;;;;;;;/h6-11H,1-5H3,(H,23,24);2*3-8H,1-2H3,(H,20,21);3-8H,1-2H3,(H,19,20)(H,21,22);5H2,1-4H3;5H,2-4H2,1H3;1-5H;4H,3H2,1-2H3;1,3H2,2H3;1H;1H3;4*1H4;2*1H;/q;;;;;;;;-1;;;;;;;;;+2/p-2/t;16-;;;;5-;;;;;;;;;;;;/m.0...0............/s1. The van der Waals surface area contributed by atoms with Crippen LogP contribution >= 0.6 is 120 Å². The van der Waals surface area contributed by atoms with Gasteiger partial charge in [-0.05, 0) is 212 Å². The number of thiazole rings is 4. The fraction of sp³-hybridized carbons (Fsp3) is 0.385. The second-order valence-electron chi connectivity index (χ2n) is 33.6. The maximum absolute atomic E-state index is 13.5. The third kappa shape index (κ3) is 46.4. The number of hydrogen-bond donors (Lipinski definition) is 5.